The third kappa shape index (κ3) is 7.89. The van der Waals surface area contributed by atoms with Gasteiger partial charge in [-0.25, -0.2) is 12.7 Å². The van der Waals surface area contributed by atoms with Gasteiger partial charge in [0.1, 0.15) is 0 Å². The van der Waals surface area contributed by atoms with Gasteiger partial charge in [0.15, 0.2) is 5.96 Å². The summed E-state index contributed by atoms with van der Waals surface area (Å²) in [5, 5.41) is 6.86. The van der Waals surface area contributed by atoms with E-state index in [9.17, 15) is 8.42 Å². The maximum absolute atomic E-state index is 12.2. The van der Waals surface area contributed by atoms with Gasteiger partial charge in [-0.1, -0.05) is 37.3 Å². The molecular formula is C22H39N5O2S. The smallest absolute Gasteiger partial charge is 0.214 e. The van der Waals surface area contributed by atoms with Crippen LogP contribution >= 0.6 is 0 Å². The molecule has 1 aromatic rings. The Hall–Kier alpha value is -1.64. The van der Waals surface area contributed by atoms with Crippen molar-refractivity contribution in [1.29, 1.82) is 0 Å². The highest BCUT2D eigenvalue weighted by atomic mass is 32.2. The molecule has 1 aliphatic heterocycles. The quantitative estimate of drug-likeness (QED) is 0.434. The van der Waals surface area contributed by atoms with Gasteiger partial charge in [-0.15, -0.1) is 0 Å². The molecule has 0 bridgehead atoms. The minimum Gasteiger partial charge on any atom is -0.356 e. The fraction of sp³-hybridized carbons (Fsp3) is 0.682. The molecule has 1 heterocycles. The van der Waals surface area contributed by atoms with Crippen LogP contribution in [-0.2, 0) is 16.6 Å². The van der Waals surface area contributed by atoms with Crippen LogP contribution in [0.25, 0.3) is 0 Å². The van der Waals surface area contributed by atoms with E-state index in [-0.39, 0.29) is 11.8 Å². The topological polar surface area (TPSA) is 77.0 Å². The highest BCUT2D eigenvalue weighted by molar-refractivity contribution is 7.89. The highest BCUT2D eigenvalue weighted by Crippen LogP contribution is 2.15. The van der Waals surface area contributed by atoms with Crippen molar-refractivity contribution >= 4 is 16.0 Å². The molecule has 0 aromatic heterocycles. The van der Waals surface area contributed by atoms with Gasteiger partial charge >= 0.3 is 0 Å². The summed E-state index contributed by atoms with van der Waals surface area (Å²) in [4.78, 5) is 6.70. The summed E-state index contributed by atoms with van der Waals surface area (Å²) < 4.78 is 26.1. The highest BCUT2D eigenvalue weighted by Gasteiger charge is 2.27. The van der Waals surface area contributed by atoms with Crippen molar-refractivity contribution in [2.24, 2.45) is 4.99 Å². The van der Waals surface area contributed by atoms with E-state index in [0.29, 0.717) is 25.6 Å². The normalized spacial score (nSPS) is 17.8. The maximum atomic E-state index is 12.2. The molecule has 1 aliphatic rings. The van der Waals surface area contributed by atoms with E-state index >= 15 is 0 Å². The standard InChI is InChI=1S/C22H39N5O2S/c1-5-17-30(28,29)27-15-12-21(13-16-27)25-22(23-3)24-14-11-19(2)26(4)18-20-9-7-6-8-10-20/h6-10,19,21H,5,11-18H2,1-4H3,(H2,23,24,25). The zero-order valence-corrected chi connectivity index (χ0v) is 19.8. The van der Waals surface area contributed by atoms with Crippen LogP contribution < -0.4 is 10.6 Å². The Kier molecular flexibility index (Phi) is 10.1. The Balaban J connectivity index is 1.70. The number of nitrogens with one attached hydrogen (secondary N) is 2. The van der Waals surface area contributed by atoms with E-state index in [4.69, 9.17) is 0 Å². The first kappa shape index (κ1) is 24.6. The van der Waals surface area contributed by atoms with Crippen molar-refractivity contribution in [1.82, 2.24) is 19.8 Å². The number of guanidine groups is 1. The first-order valence-corrected chi connectivity index (χ1v) is 12.7. The van der Waals surface area contributed by atoms with Crippen molar-refractivity contribution in [3.05, 3.63) is 35.9 Å². The van der Waals surface area contributed by atoms with Crippen LogP contribution in [0.2, 0.25) is 0 Å². The SMILES string of the molecule is CCCS(=O)(=O)N1CCC(NC(=NC)NCCC(C)N(C)Cc2ccccc2)CC1. The predicted molar refractivity (Wildman–Crippen MR) is 125 cm³/mol. The zero-order valence-electron chi connectivity index (χ0n) is 19.0. The van der Waals surface area contributed by atoms with Crippen LogP contribution in [-0.4, -0.2) is 75.1 Å². The number of rotatable bonds is 10. The van der Waals surface area contributed by atoms with Gasteiger partial charge in [-0.3, -0.25) is 9.89 Å². The number of piperidine rings is 1. The molecule has 1 atom stereocenters. The second-order valence-corrected chi connectivity index (χ2v) is 10.3. The van der Waals surface area contributed by atoms with Gasteiger partial charge in [-0.2, -0.15) is 0 Å². The molecule has 1 saturated heterocycles. The van der Waals surface area contributed by atoms with Gasteiger partial charge < -0.3 is 10.6 Å². The van der Waals surface area contributed by atoms with Crippen molar-refractivity contribution in [3.63, 3.8) is 0 Å². The molecule has 7 nitrogen and oxygen atoms in total. The van der Waals surface area contributed by atoms with Crippen LogP contribution in [0, 0.1) is 0 Å². The fourth-order valence-corrected chi connectivity index (χ4v) is 5.24. The summed E-state index contributed by atoms with van der Waals surface area (Å²) in [5.74, 6) is 1.04. The second-order valence-electron chi connectivity index (χ2n) is 8.17. The van der Waals surface area contributed by atoms with E-state index in [2.05, 4.69) is 58.8 Å². The molecule has 8 heteroatoms. The van der Waals surface area contributed by atoms with Crippen molar-refractivity contribution in [2.45, 2.75) is 58.2 Å². The van der Waals surface area contributed by atoms with Gasteiger partial charge in [0, 0.05) is 45.3 Å². The third-order valence-corrected chi connectivity index (χ3v) is 7.83. The average Bonchev–Trinajstić information content (AvgIpc) is 2.74. The van der Waals surface area contributed by atoms with Crippen molar-refractivity contribution in [3.8, 4) is 0 Å². The first-order chi connectivity index (χ1) is 14.4. The number of benzene rings is 1. The van der Waals surface area contributed by atoms with E-state index in [0.717, 1.165) is 38.3 Å². The molecule has 2 rings (SSSR count). The van der Waals surface area contributed by atoms with Crippen molar-refractivity contribution in [2.75, 3.05) is 39.5 Å². The van der Waals surface area contributed by atoms with E-state index in [1.165, 1.54) is 5.56 Å². The lowest BCUT2D eigenvalue weighted by Gasteiger charge is -2.32. The van der Waals surface area contributed by atoms with E-state index in [1.54, 1.807) is 11.4 Å². The van der Waals surface area contributed by atoms with Gasteiger partial charge in [0.05, 0.1) is 5.75 Å². The number of nitrogens with zero attached hydrogens (tertiary/aromatic N) is 3. The Morgan fingerprint density at radius 2 is 1.93 bits per heavy atom. The first-order valence-electron chi connectivity index (χ1n) is 11.0. The molecule has 1 aromatic carbocycles. The molecule has 1 fully saturated rings. The molecule has 0 spiro atoms. The van der Waals surface area contributed by atoms with Crippen LogP contribution in [0.15, 0.2) is 35.3 Å². The number of hydrogen-bond acceptors (Lipinski definition) is 4. The summed E-state index contributed by atoms with van der Waals surface area (Å²) in [6.07, 6.45) is 3.29. The minimum atomic E-state index is -3.09. The van der Waals surface area contributed by atoms with Gasteiger partial charge in [0.2, 0.25) is 10.0 Å². The third-order valence-electron chi connectivity index (χ3n) is 5.76. The average molecular weight is 438 g/mol. The summed E-state index contributed by atoms with van der Waals surface area (Å²) in [5.41, 5.74) is 1.32. The Bertz CT molecular complexity index is 746. The molecule has 0 saturated carbocycles. The van der Waals surface area contributed by atoms with Crippen LogP contribution in [0.4, 0.5) is 0 Å². The monoisotopic (exact) mass is 437 g/mol. The second kappa shape index (κ2) is 12.3. The van der Waals surface area contributed by atoms with Crippen LogP contribution in [0.1, 0.15) is 45.1 Å². The van der Waals surface area contributed by atoms with Crippen LogP contribution in [0.5, 0.6) is 0 Å². The molecular weight excluding hydrogens is 398 g/mol. The summed E-state index contributed by atoms with van der Waals surface area (Å²) in [6.45, 7) is 7.09. The summed E-state index contributed by atoms with van der Waals surface area (Å²) in [6, 6.07) is 11.2. The summed E-state index contributed by atoms with van der Waals surface area (Å²) in [7, 11) is 0.846. The molecule has 0 amide bonds. The maximum Gasteiger partial charge on any atom is 0.214 e. The molecule has 30 heavy (non-hydrogen) atoms. The number of aliphatic imine (C=N–C) groups is 1. The molecule has 0 aliphatic carbocycles. The minimum absolute atomic E-state index is 0.241. The Labute approximate surface area is 183 Å². The molecule has 1 unspecified atom stereocenters. The lowest BCUT2D eigenvalue weighted by atomic mass is 10.1. The molecule has 2 N–H and O–H groups in total. The van der Waals surface area contributed by atoms with Gasteiger partial charge in [0.25, 0.3) is 0 Å². The van der Waals surface area contributed by atoms with E-state index in [1.807, 2.05) is 13.0 Å². The van der Waals surface area contributed by atoms with Gasteiger partial charge in [-0.05, 0) is 45.2 Å². The zero-order chi connectivity index (χ0) is 22.0. The Morgan fingerprint density at radius 3 is 2.53 bits per heavy atom. The number of sulfonamides is 1. The lowest BCUT2D eigenvalue weighted by molar-refractivity contribution is 0.238. The largest absolute Gasteiger partial charge is 0.356 e. The number of hydrogen-bond donors (Lipinski definition) is 2. The molecule has 170 valence electrons. The Morgan fingerprint density at radius 1 is 1.27 bits per heavy atom. The molecule has 0 radical (unpaired) electrons. The fourth-order valence-electron chi connectivity index (χ4n) is 3.70. The summed E-state index contributed by atoms with van der Waals surface area (Å²) >= 11 is 0. The predicted octanol–water partition coefficient (Wildman–Crippen LogP) is 2.27. The van der Waals surface area contributed by atoms with Crippen LogP contribution in [0.3, 0.4) is 0 Å². The lowest BCUT2D eigenvalue weighted by Crippen LogP contribution is -2.50. The van der Waals surface area contributed by atoms with Crippen molar-refractivity contribution < 1.29 is 8.42 Å². The van der Waals surface area contributed by atoms with E-state index < -0.39 is 10.0 Å².